The Morgan fingerprint density at radius 2 is 1.67 bits per heavy atom. The van der Waals surface area contributed by atoms with Crippen LogP contribution in [-0.4, -0.2) is 23.7 Å². The molecule has 0 spiro atoms. The van der Waals surface area contributed by atoms with Crippen molar-refractivity contribution in [3.05, 3.63) is 101 Å². The fourth-order valence-electron chi connectivity index (χ4n) is 3.35. The molecule has 0 heterocycles. The highest BCUT2D eigenvalue weighted by molar-refractivity contribution is 7.98. The molecule has 0 fully saturated rings. The zero-order chi connectivity index (χ0) is 24.0. The van der Waals surface area contributed by atoms with Gasteiger partial charge in [-0.05, 0) is 53.9 Å². The van der Waals surface area contributed by atoms with E-state index in [1.54, 1.807) is 43.3 Å². The van der Waals surface area contributed by atoms with E-state index in [1.165, 1.54) is 30.0 Å². The van der Waals surface area contributed by atoms with Crippen molar-refractivity contribution in [2.75, 3.05) is 6.61 Å². The SMILES string of the molecule is CCOC(=O)C(c1ccc(C(F)(F)F)cc1)c1cccc(SCc2ccccc2C(=O)O)c1. The molecule has 3 aromatic carbocycles. The fraction of sp³-hybridized carbons (Fsp3) is 0.200. The van der Waals surface area contributed by atoms with Gasteiger partial charge in [0.2, 0.25) is 0 Å². The smallest absolute Gasteiger partial charge is 0.416 e. The van der Waals surface area contributed by atoms with Gasteiger partial charge in [-0.2, -0.15) is 13.2 Å². The van der Waals surface area contributed by atoms with E-state index in [2.05, 4.69) is 0 Å². The number of halogens is 3. The van der Waals surface area contributed by atoms with Gasteiger partial charge in [-0.25, -0.2) is 4.79 Å². The number of thioether (sulfide) groups is 1. The number of esters is 1. The van der Waals surface area contributed by atoms with Gasteiger partial charge in [0.05, 0.1) is 17.7 Å². The lowest BCUT2D eigenvalue weighted by atomic mass is 9.91. The summed E-state index contributed by atoms with van der Waals surface area (Å²) < 4.78 is 44.0. The molecule has 0 bridgehead atoms. The van der Waals surface area contributed by atoms with E-state index in [9.17, 15) is 27.9 Å². The lowest BCUT2D eigenvalue weighted by Gasteiger charge is -2.18. The molecule has 33 heavy (non-hydrogen) atoms. The number of hydrogen-bond acceptors (Lipinski definition) is 4. The minimum absolute atomic E-state index is 0.135. The van der Waals surface area contributed by atoms with Crippen molar-refractivity contribution >= 4 is 23.7 Å². The van der Waals surface area contributed by atoms with Gasteiger partial charge in [0, 0.05) is 10.6 Å². The molecule has 0 saturated carbocycles. The van der Waals surface area contributed by atoms with Crippen molar-refractivity contribution in [2.24, 2.45) is 0 Å². The summed E-state index contributed by atoms with van der Waals surface area (Å²) in [6, 6.07) is 18.2. The van der Waals surface area contributed by atoms with Crippen molar-refractivity contribution in [2.45, 2.75) is 29.7 Å². The first-order valence-electron chi connectivity index (χ1n) is 10.1. The number of alkyl halides is 3. The zero-order valence-corrected chi connectivity index (χ0v) is 18.5. The Morgan fingerprint density at radius 3 is 2.30 bits per heavy atom. The molecule has 0 amide bonds. The molecule has 3 rings (SSSR count). The third-order valence-electron chi connectivity index (χ3n) is 4.93. The molecule has 4 nitrogen and oxygen atoms in total. The first-order chi connectivity index (χ1) is 15.7. The lowest BCUT2D eigenvalue weighted by molar-refractivity contribution is -0.143. The number of carbonyl (C=O) groups is 2. The summed E-state index contributed by atoms with van der Waals surface area (Å²) >= 11 is 1.40. The summed E-state index contributed by atoms with van der Waals surface area (Å²) in [5.74, 6) is -2.06. The van der Waals surface area contributed by atoms with E-state index in [0.717, 1.165) is 17.0 Å². The highest BCUT2D eigenvalue weighted by Gasteiger charge is 2.31. The summed E-state index contributed by atoms with van der Waals surface area (Å²) in [5, 5.41) is 9.36. The Hall–Kier alpha value is -3.26. The van der Waals surface area contributed by atoms with Crippen molar-refractivity contribution in [1.82, 2.24) is 0 Å². The number of hydrogen-bond donors (Lipinski definition) is 1. The topological polar surface area (TPSA) is 63.6 Å². The van der Waals surface area contributed by atoms with Gasteiger partial charge in [0.1, 0.15) is 5.92 Å². The molecule has 172 valence electrons. The normalized spacial score (nSPS) is 12.2. The van der Waals surface area contributed by atoms with Crippen LogP contribution < -0.4 is 0 Å². The second-order valence-electron chi connectivity index (χ2n) is 7.13. The van der Waals surface area contributed by atoms with Gasteiger partial charge < -0.3 is 9.84 Å². The molecule has 0 radical (unpaired) electrons. The molecular weight excluding hydrogens is 453 g/mol. The van der Waals surface area contributed by atoms with Gasteiger partial charge in [-0.3, -0.25) is 4.79 Å². The Kier molecular flexibility index (Phi) is 7.81. The average molecular weight is 475 g/mol. The maximum atomic E-state index is 12.9. The standard InChI is InChI=1S/C25H21F3O4S/c1-2-32-24(31)22(16-10-12-19(13-11-16)25(26,27)28)17-7-5-8-20(14-17)33-15-18-6-3-4-9-21(18)23(29)30/h3-14,22H,2,15H2,1H3,(H,29,30). The highest BCUT2D eigenvalue weighted by atomic mass is 32.2. The first-order valence-corrected chi connectivity index (χ1v) is 11.1. The van der Waals surface area contributed by atoms with E-state index in [1.807, 2.05) is 6.07 Å². The summed E-state index contributed by atoms with van der Waals surface area (Å²) in [6.07, 6.45) is -4.47. The highest BCUT2D eigenvalue weighted by Crippen LogP contribution is 2.34. The Morgan fingerprint density at radius 1 is 0.970 bits per heavy atom. The number of carbonyl (C=O) groups excluding carboxylic acids is 1. The minimum Gasteiger partial charge on any atom is -0.478 e. The van der Waals surface area contributed by atoms with Gasteiger partial charge >= 0.3 is 18.1 Å². The van der Waals surface area contributed by atoms with E-state index >= 15 is 0 Å². The predicted molar refractivity (Wildman–Crippen MR) is 119 cm³/mol. The van der Waals surface area contributed by atoms with Gasteiger partial charge in [0.15, 0.2) is 0 Å². The number of carboxylic acids is 1. The molecule has 3 aromatic rings. The summed E-state index contributed by atoms with van der Waals surface area (Å²) in [7, 11) is 0. The van der Waals surface area contributed by atoms with Crippen LogP contribution in [0.25, 0.3) is 0 Å². The summed E-state index contributed by atoms with van der Waals surface area (Å²) in [6.45, 7) is 1.80. The average Bonchev–Trinajstić information content (AvgIpc) is 2.78. The maximum Gasteiger partial charge on any atom is 0.416 e. The lowest BCUT2D eigenvalue weighted by Crippen LogP contribution is -2.17. The minimum atomic E-state index is -4.47. The van der Waals surface area contributed by atoms with Crippen LogP contribution in [0.4, 0.5) is 13.2 Å². The summed E-state index contributed by atoms with van der Waals surface area (Å²) in [5.41, 5.74) is 1.04. The quantitative estimate of drug-likeness (QED) is 0.303. The Labute approximate surface area is 193 Å². The van der Waals surface area contributed by atoms with Crippen LogP contribution in [0.2, 0.25) is 0 Å². The van der Waals surface area contributed by atoms with Gasteiger partial charge in [-0.1, -0.05) is 42.5 Å². The molecule has 0 aliphatic rings. The molecule has 8 heteroatoms. The number of benzene rings is 3. The Balaban J connectivity index is 1.89. The van der Waals surface area contributed by atoms with Gasteiger partial charge in [-0.15, -0.1) is 11.8 Å². The van der Waals surface area contributed by atoms with Crippen LogP contribution >= 0.6 is 11.8 Å². The van der Waals surface area contributed by atoms with Crippen LogP contribution in [0.3, 0.4) is 0 Å². The van der Waals surface area contributed by atoms with E-state index in [0.29, 0.717) is 22.4 Å². The molecule has 0 aromatic heterocycles. The molecule has 1 N–H and O–H groups in total. The van der Waals surface area contributed by atoms with Crippen molar-refractivity contribution < 1.29 is 32.6 Å². The predicted octanol–water partition coefficient (Wildman–Crippen LogP) is 6.39. The first kappa shape index (κ1) is 24.4. The third kappa shape index (κ3) is 6.16. The summed E-state index contributed by atoms with van der Waals surface area (Å²) in [4.78, 5) is 24.9. The zero-order valence-electron chi connectivity index (χ0n) is 17.6. The van der Waals surface area contributed by atoms with E-state index in [4.69, 9.17) is 4.74 Å². The van der Waals surface area contributed by atoms with Crippen molar-refractivity contribution in [3.8, 4) is 0 Å². The molecule has 0 aliphatic heterocycles. The number of carboxylic acid groups (broad SMARTS) is 1. The molecule has 1 unspecified atom stereocenters. The van der Waals surface area contributed by atoms with Gasteiger partial charge in [0.25, 0.3) is 0 Å². The molecule has 0 saturated heterocycles. The van der Waals surface area contributed by atoms with Crippen molar-refractivity contribution in [3.63, 3.8) is 0 Å². The second-order valence-corrected chi connectivity index (χ2v) is 8.18. The molecule has 1 atom stereocenters. The monoisotopic (exact) mass is 474 g/mol. The Bertz CT molecular complexity index is 1130. The van der Waals surface area contributed by atoms with Crippen LogP contribution in [0.5, 0.6) is 0 Å². The van der Waals surface area contributed by atoms with E-state index in [-0.39, 0.29) is 12.2 Å². The number of rotatable bonds is 8. The fourth-order valence-corrected chi connectivity index (χ4v) is 4.32. The van der Waals surface area contributed by atoms with Crippen LogP contribution in [-0.2, 0) is 21.5 Å². The second kappa shape index (κ2) is 10.6. The third-order valence-corrected chi connectivity index (χ3v) is 5.97. The van der Waals surface area contributed by atoms with E-state index < -0.39 is 29.6 Å². The molecular formula is C25H21F3O4S. The van der Waals surface area contributed by atoms with Crippen LogP contribution in [0.15, 0.2) is 77.7 Å². The maximum absolute atomic E-state index is 12.9. The van der Waals surface area contributed by atoms with Crippen molar-refractivity contribution in [1.29, 1.82) is 0 Å². The number of aromatic carboxylic acids is 1. The molecule has 0 aliphatic carbocycles. The van der Waals surface area contributed by atoms with Crippen LogP contribution in [0.1, 0.15) is 45.5 Å². The largest absolute Gasteiger partial charge is 0.478 e. The number of ether oxygens (including phenoxy) is 1. The van der Waals surface area contributed by atoms with Crippen LogP contribution in [0, 0.1) is 0 Å².